The summed E-state index contributed by atoms with van der Waals surface area (Å²) in [4.78, 5) is 0. The van der Waals surface area contributed by atoms with E-state index >= 15 is 0 Å². The molecule has 0 amide bonds. The van der Waals surface area contributed by atoms with E-state index in [2.05, 4.69) is 5.32 Å². The van der Waals surface area contributed by atoms with Crippen LogP contribution in [-0.2, 0) is 0 Å². The number of hydrogen-bond acceptors (Lipinski definition) is 3. The van der Waals surface area contributed by atoms with E-state index < -0.39 is 0 Å². The van der Waals surface area contributed by atoms with Crippen LogP contribution in [-0.4, -0.2) is 24.7 Å². The van der Waals surface area contributed by atoms with Crippen molar-refractivity contribution in [2.24, 2.45) is 5.92 Å². The molecule has 0 aliphatic carbocycles. The summed E-state index contributed by atoms with van der Waals surface area (Å²) >= 11 is 1.99. The molecule has 3 unspecified atom stereocenters. The fourth-order valence-electron chi connectivity index (χ4n) is 2.88. The molecule has 2 aliphatic heterocycles. The lowest BCUT2D eigenvalue weighted by atomic mass is 9.89. The van der Waals surface area contributed by atoms with E-state index in [1.54, 1.807) is 0 Å². The minimum absolute atomic E-state index is 0.218. The van der Waals surface area contributed by atoms with E-state index in [1.807, 2.05) is 24.9 Å². The monoisotopic (exact) mass is 267 g/mol. The van der Waals surface area contributed by atoms with Crippen LogP contribution in [0.1, 0.15) is 24.4 Å². The highest BCUT2D eigenvalue weighted by Crippen LogP contribution is 2.40. The zero-order valence-electron chi connectivity index (χ0n) is 10.5. The second-order valence-electron chi connectivity index (χ2n) is 5.04. The number of nitrogens with one attached hydrogen (secondary N) is 1. The van der Waals surface area contributed by atoms with Gasteiger partial charge in [-0.05, 0) is 31.0 Å². The number of hydrogen-bond donors (Lipinski definition) is 1. The molecule has 18 heavy (non-hydrogen) atoms. The van der Waals surface area contributed by atoms with Crippen molar-refractivity contribution in [3.63, 3.8) is 0 Å². The van der Waals surface area contributed by atoms with Gasteiger partial charge in [0.2, 0.25) is 0 Å². The summed E-state index contributed by atoms with van der Waals surface area (Å²) in [6.45, 7) is 0. The number of benzene rings is 1. The van der Waals surface area contributed by atoms with Crippen molar-refractivity contribution in [1.29, 1.82) is 0 Å². The molecule has 2 aliphatic rings. The Balaban J connectivity index is 1.87. The van der Waals surface area contributed by atoms with Crippen LogP contribution in [0.5, 0.6) is 5.75 Å². The van der Waals surface area contributed by atoms with Crippen molar-refractivity contribution >= 4 is 11.8 Å². The third-order valence-corrected chi connectivity index (χ3v) is 5.12. The second-order valence-corrected chi connectivity index (χ2v) is 6.19. The molecular formula is C14H18FNOS. The number of rotatable bonds is 2. The molecule has 3 rings (SSSR count). The van der Waals surface area contributed by atoms with E-state index in [9.17, 15) is 4.39 Å². The van der Waals surface area contributed by atoms with Gasteiger partial charge in [0.25, 0.3) is 0 Å². The van der Waals surface area contributed by atoms with Gasteiger partial charge in [-0.15, -0.1) is 0 Å². The van der Waals surface area contributed by atoms with Crippen LogP contribution < -0.4 is 10.1 Å². The Bertz CT molecular complexity index is 434. The van der Waals surface area contributed by atoms with E-state index in [1.165, 1.54) is 30.1 Å². The van der Waals surface area contributed by atoms with Crippen LogP contribution in [0.25, 0.3) is 0 Å². The third-order valence-electron chi connectivity index (χ3n) is 3.94. The van der Waals surface area contributed by atoms with Gasteiger partial charge in [-0.2, -0.15) is 11.8 Å². The van der Waals surface area contributed by atoms with Gasteiger partial charge in [0.05, 0.1) is 0 Å². The minimum Gasteiger partial charge on any atom is -0.490 e. The molecule has 0 saturated carbocycles. The molecule has 1 aromatic rings. The summed E-state index contributed by atoms with van der Waals surface area (Å²) in [5.74, 6) is 3.52. The van der Waals surface area contributed by atoms with Gasteiger partial charge < -0.3 is 10.1 Å². The topological polar surface area (TPSA) is 21.3 Å². The summed E-state index contributed by atoms with van der Waals surface area (Å²) in [6.07, 6.45) is 2.43. The maximum absolute atomic E-state index is 13.3. The number of thioether (sulfide) groups is 1. The quantitative estimate of drug-likeness (QED) is 0.890. The van der Waals surface area contributed by atoms with Gasteiger partial charge in [-0.25, -0.2) is 4.39 Å². The Morgan fingerprint density at radius 3 is 3.06 bits per heavy atom. The molecule has 2 heterocycles. The summed E-state index contributed by atoms with van der Waals surface area (Å²) in [5.41, 5.74) is 1.08. The molecule has 2 nitrogen and oxygen atoms in total. The summed E-state index contributed by atoms with van der Waals surface area (Å²) in [6, 6.07) is 5.16. The van der Waals surface area contributed by atoms with E-state index in [0.29, 0.717) is 5.92 Å². The van der Waals surface area contributed by atoms with Gasteiger partial charge >= 0.3 is 0 Å². The lowest BCUT2D eigenvalue weighted by Crippen LogP contribution is -2.36. The smallest absolute Gasteiger partial charge is 0.127 e. The van der Waals surface area contributed by atoms with Crippen molar-refractivity contribution in [3.05, 3.63) is 29.6 Å². The van der Waals surface area contributed by atoms with Crippen molar-refractivity contribution in [2.45, 2.75) is 25.0 Å². The van der Waals surface area contributed by atoms with Crippen LogP contribution in [0, 0.1) is 11.7 Å². The molecule has 0 radical (unpaired) electrons. The molecule has 3 atom stereocenters. The zero-order valence-corrected chi connectivity index (χ0v) is 11.3. The lowest BCUT2D eigenvalue weighted by Gasteiger charge is -2.35. The normalized spacial score (nSPS) is 30.9. The fraction of sp³-hybridized carbons (Fsp3) is 0.571. The van der Waals surface area contributed by atoms with Crippen LogP contribution >= 0.6 is 11.8 Å². The van der Waals surface area contributed by atoms with Crippen molar-refractivity contribution < 1.29 is 9.13 Å². The Morgan fingerprint density at radius 1 is 1.44 bits per heavy atom. The fourth-order valence-corrected chi connectivity index (χ4v) is 4.20. The first-order chi connectivity index (χ1) is 8.78. The average molecular weight is 267 g/mol. The van der Waals surface area contributed by atoms with E-state index in [0.717, 1.165) is 17.7 Å². The maximum Gasteiger partial charge on any atom is 0.127 e. The van der Waals surface area contributed by atoms with Crippen LogP contribution in [0.4, 0.5) is 4.39 Å². The second kappa shape index (κ2) is 5.10. The Labute approximate surface area is 111 Å². The molecule has 1 N–H and O–H groups in total. The Hall–Kier alpha value is -0.740. The highest BCUT2D eigenvalue weighted by Gasteiger charge is 2.34. The number of ether oxygens (including phenoxy) is 1. The van der Waals surface area contributed by atoms with Crippen LogP contribution in [0.2, 0.25) is 0 Å². The van der Waals surface area contributed by atoms with Crippen molar-refractivity contribution in [1.82, 2.24) is 5.32 Å². The molecule has 0 aromatic heterocycles. The predicted molar refractivity (Wildman–Crippen MR) is 72.7 cm³/mol. The average Bonchev–Trinajstić information content (AvgIpc) is 2.90. The van der Waals surface area contributed by atoms with Crippen LogP contribution in [0.15, 0.2) is 18.2 Å². The molecule has 4 heteroatoms. The molecule has 1 fully saturated rings. The first-order valence-electron chi connectivity index (χ1n) is 6.49. The minimum atomic E-state index is -0.218. The van der Waals surface area contributed by atoms with Gasteiger partial charge in [0.1, 0.15) is 17.7 Å². The van der Waals surface area contributed by atoms with Crippen molar-refractivity contribution in [2.75, 3.05) is 18.6 Å². The maximum atomic E-state index is 13.3. The molecular weight excluding hydrogens is 249 g/mol. The highest BCUT2D eigenvalue weighted by molar-refractivity contribution is 7.99. The van der Waals surface area contributed by atoms with Gasteiger partial charge in [0.15, 0.2) is 0 Å². The molecule has 1 aromatic carbocycles. The molecule has 0 spiro atoms. The van der Waals surface area contributed by atoms with Crippen molar-refractivity contribution in [3.8, 4) is 5.75 Å². The number of fused-ring (bicyclic) bond motifs is 1. The summed E-state index contributed by atoms with van der Waals surface area (Å²) in [7, 11) is 1.96. The zero-order chi connectivity index (χ0) is 12.5. The van der Waals surface area contributed by atoms with Gasteiger partial charge in [-0.3, -0.25) is 0 Å². The summed E-state index contributed by atoms with van der Waals surface area (Å²) in [5, 5.41) is 3.32. The SMILES string of the molecule is CNC1CC(C2CCSC2)Oc2cc(F)ccc21. The third kappa shape index (κ3) is 2.24. The Kier molecular flexibility index (Phi) is 3.48. The molecule has 98 valence electrons. The standard InChI is InChI=1S/C14H18FNOS/c1-16-12-7-13(9-4-5-18-8-9)17-14-6-10(15)2-3-11(12)14/h2-3,6,9,12-13,16H,4-5,7-8H2,1H3. The largest absolute Gasteiger partial charge is 0.490 e. The summed E-state index contributed by atoms with van der Waals surface area (Å²) < 4.78 is 19.4. The van der Waals surface area contributed by atoms with Crippen LogP contribution in [0.3, 0.4) is 0 Å². The van der Waals surface area contributed by atoms with Gasteiger partial charge in [-0.1, -0.05) is 6.07 Å². The number of halogens is 1. The van der Waals surface area contributed by atoms with Gasteiger partial charge in [0, 0.05) is 30.0 Å². The molecule has 1 saturated heterocycles. The Morgan fingerprint density at radius 2 is 2.33 bits per heavy atom. The first-order valence-corrected chi connectivity index (χ1v) is 7.64. The first kappa shape index (κ1) is 12.3. The van der Waals surface area contributed by atoms with E-state index in [-0.39, 0.29) is 18.0 Å². The van der Waals surface area contributed by atoms with E-state index in [4.69, 9.17) is 4.74 Å². The highest BCUT2D eigenvalue weighted by atomic mass is 32.2. The molecule has 0 bridgehead atoms. The predicted octanol–water partition coefficient (Wildman–Crippen LogP) is 2.99. The lowest BCUT2D eigenvalue weighted by molar-refractivity contribution is 0.104.